The highest BCUT2D eigenvalue weighted by atomic mass is 16.3. The minimum atomic E-state index is 0.366. The summed E-state index contributed by atoms with van der Waals surface area (Å²) in [6.07, 6.45) is 14.2. The molecule has 28 heavy (non-hydrogen) atoms. The lowest BCUT2D eigenvalue weighted by Gasteiger charge is -2.33. The average molecular weight is 388 g/mol. The summed E-state index contributed by atoms with van der Waals surface area (Å²) in [6.45, 7) is 10.9. The fourth-order valence-electron chi connectivity index (χ4n) is 4.93. The van der Waals surface area contributed by atoms with Crippen molar-refractivity contribution >= 4 is 0 Å². The number of benzene rings is 1. The van der Waals surface area contributed by atoms with E-state index < -0.39 is 0 Å². The first kappa shape index (κ1) is 23.4. The first-order valence-electron chi connectivity index (χ1n) is 12.1. The molecule has 0 aliphatic carbocycles. The third-order valence-corrected chi connectivity index (χ3v) is 7.36. The number of nitrogens with zero attached hydrogens (tertiary/aromatic N) is 1. The van der Waals surface area contributed by atoms with Crippen molar-refractivity contribution in [2.24, 2.45) is 5.92 Å². The van der Waals surface area contributed by atoms with E-state index in [2.05, 4.69) is 49.9 Å². The van der Waals surface area contributed by atoms with Gasteiger partial charge in [0.15, 0.2) is 0 Å². The predicted molar refractivity (Wildman–Crippen MR) is 122 cm³/mol. The van der Waals surface area contributed by atoms with E-state index in [0.717, 1.165) is 38.9 Å². The van der Waals surface area contributed by atoms with E-state index in [1.165, 1.54) is 56.9 Å². The van der Waals surface area contributed by atoms with Gasteiger partial charge in [-0.2, -0.15) is 0 Å². The van der Waals surface area contributed by atoms with Gasteiger partial charge in [0, 0.05) is 13.2 Å². The Labute approximate surface area is 174 Å². The number of hydrogen-bond acceptors (Lipinski definition) is 2. The van der Waals surface area contributed by atoms with Crippen LogP contribution in [0, 0.1) is 5.92 Å². The largest absolute Gasteiger partial charge is 0.396 e. The summed E-state index contributed by atoms with van der Waals surface area (Å²) in [5.41, 5.74) is 3.40. The quantitative estimate of drug-likeness (QED) is 0.399. The van der Waals surface area contributed by atoms with Gasteiger partial charge in [-0.25, -0.2) is 0 Å². The van der Waals surface area contributed by atoms with E-state index in [4.69, 9.17) is 0 Å². The zero-order chi connectivity index (χ0) is 20.2. The molecular weight excluding hydrogens is 342 g/mol. The third-order valence-electron chi connectivity index (χ3n) is 7.36. The second-order valence-corrected chi connectivity index (χ2v) is 9.07. The molecule has 2 nitrogen and oxygen atoms in total. The van der Waals surface area contributed by atoms with E-state index in [1.54, 1.807) is 5.56 Å². The molecule has 1 fully saturated rings. The van der Waals surface area contributed by atoms with Gasteiger partial charge in [-0.15, -0.1) is 0 Å². The lowest BCUT2D eigenvalue weighted by molar-refractivity contribution is 0.132. The molecule has 1 saturated heterocycles. The normalized spacial score (nSPS) is 16.6. The summed E-state index contributed by atoms with van der Waals surface area (Å²) >= 11 is 0. The first-order chi connectivity index (χ1) is 13.7. The van der Waals surface area contributed by atoms with Crippen molar-refractivity contribution in [2.75, 3.05) is 26.2 Å². The average Bonchev–Trinajstić information content (AvgIpc) is 2.76. The molecule has 1 aromatic rings. The van der Waals surface area contributed by atoms with Crippen LogP contribution in [0.25, 0.3) is 0 Å². The molecule has 2 heteroatoms. The summed E-state index contributed by atoms with van der Waals surface area (Å²) in [6, 6.07) is 9.61. The van der Waals surface area contributed by atoms with Gasteiger partial charge < -0.3 is 10.0 Å². The van der Waals surface area contributed by atoms with Gasteiger partial charge in [0.1, 0.15) is 0 Å². The van der Waals surface area contributed by atoms with Crippen molar-refractivity contribution < 1.29 is 5.11 Å². The Kier molecular flexibility index (Phi) is 10.6. The highest BCUT2D eigenvalue weighted by molar-refractivity contribution is 5.29. The topological polar surface area (TPSA) is 23.5 Å². The fraction of sp³-hybridized carbons (Fsp3) is 0.769. The lowest BCUT2D eigenvalue weighted by Crippen LogP contribution is -2.36. The van der Waals surface area contributed by atoms with Crippen LogP contribution in [0.1, 0.15) is 96.1 Å². The van der Waals surface area contributed by atoms with Gasteiger partial charge in [-0.1, -0.05) is 77.1 Å². The molecular formula is C26H45NO. The number of hydrogen-bond donors (Lipinski definition) is 1. The van der Waals surface area contributed by atoms with Gasteiger partial charge in [-0.3, -0.25) is 0 Å². The zero-order valence-corrected chi connectivity index (χ0v) is 18.9. The van der Waals surface area contributed by atoms with Crippen molar-refractivity contribution in [1.82, 2.24) is 4.90 Å². The molecule has 1 aliphatic heterocycles. The Morgan fingerprint density at radius 2 is 1.57 bits per heavy atom. The molecule has 0 amide bonds. The molecule has 0 atom stereocenters. The smallest absolute Gasteiger partial charge is 0.0460 e. The molecule has 0 unspecified atom stereocenters. The monoisotopic (exact) mass is 387 g/mol. The summed E-state index contributed by atoms with van der Waals surface area (Å²) < 4.78 is 0. The Morgan fingerprint density at radius 3 is 2.14 bits per heavy atom. The van der Waals surface area contributed by atoms with Crippen molar-refractivity contribution in [3.63, 3.8) is 0 Å². The van der Waals surface area contributed by atoms with E-state index in [0.29, 0.717) is 17.9 Å². The Hall–Kier alpha value is -0.860. The van der Waals surface area contributed by atoms with Crippen LogP contribution in [0.2, 0.25) is 0 Å². The lowest BCUT2D eigenvalue weighted by atomic mass is 9.72. The second-order valence-electron chi connectivity index (χ2n) is 9.07. The number of rotatable bonds is 13. The Morgan fingerprint density at radius 1 is 0.929 bits per heavy atom. The minimum absolute atomic E-state index is 0.366. The molecule has 0 radical (unpaired) electrons. The summed E-state index contributed by atoms with van der Waals surface area (Å²) in [5, 5.41) is 9.29. The zero-order valence-electron chi connectivity index (χ0n) is 18.9. The van der Waals surface area contributed by atoms with Gasteiger partial charge >= 0.3 is 0 Å². The molecule has 1 heterocycles. The number of unbranched alkanes of at least 4 members (excludes halogenated alkanes) is 4. The van der Waals surface area contributed by atoms with Gasteiger partial charge in [0.05, 0.1) is 0 Å². The highest BCUT2D eigenvalue weighted by Crippen LogP contribution is 2.37. The van der Waals surface area contributed by atoms with Crippen LogP contribution in [0.4, 0.5) is 0 Å². The van der Waals surface area contributed by atoms with Gasteiger partial charge in [0.2, 0.25) is 0 Å². The van der Waals surface area contributed by atoms with Crippen molar-refractivity contribution in [2.45, 2.75) is 96.8 Å². The number of likely N-dealkylation sites (tertiary alicyclic amines) is 1. The molecule has 0 aromatic heterocycles. The van der Waals surface area contributed by atoms with Gasteiger partial charge in [0.25, 0.3) is 0 Å². The minimum Gasteiger partial charge on any atom is -0.396 e. The third kappa shape index (κ3) is 6.88. The standard InChI is InChI=1S/C26H45NO/c1-4-7-8-9-10-18-26(5-2,6-3)25-13-11-23(12-14-25)15-19-27-20-16-24(22-28)17-21-27/h11-14,24,28H,4-10,15-22H2,1-3H3. The number of aliphatic hydroxyl groups excluding tert-OH is 1. The number of aliphatic hydroxyl groups is 1. The Bertz CT molecular complexity index is 512. The first-order valence-corrected chi connectivity index (χ1v) is 12.1. The maximum atomic E-state index is 9.29. The van der Waals surface area contributed by atoms with E-state index in [1.807, 2.05) is 0 Å². The van der Waals surface area contributed by atoms with Crippen molar-refractivity contribution in [3.05, 3.63) is 35.4 Å². The molecule has 0 bridgehead atoms. The molecule has 1 aliphatic rings. The summed E-state index contributed by atoms with van der Waals surface area (Å²) in [4.78, 5) is 2.57. The molecule has 0 spiro atoms. The van der Waals surface area contributed by atoms with Crippen LogP contribution in [0.3, 0.4) is 0 Å². The molecule has 160 valence electrons. The second kappa shape index (κ2) is 12.6. The van der Waals surface area contributed by atoms with Crippen LogP contribution in [0.5, 0.6) is 0 Å². The van der Waals surface area contributed by atoms with E-state index >= 15 is 0 Å². The molecule has 1 N–H and O–H groups in total. The predicted octanol–water partition coefficient (Wildman–Crippen LogP) is 6.35. The summed E-state index contributed by atoms with van der Waals surface area (Å²) in [7, 11) is 0. The van der Waals surface area contributed by atoms with Crippen LogP contribution >= 0.6 is 0 Å². The van der Waals surface area contributed by atoms with Crippen molar-refractivity contribution in [1.29, 1.82) is 0 Å². The summed E-state index contributed by atoms with van der Waals surface area (Å²) in [5.74, 6) is 0.536. The van der Waals surface area contributed by atoms with Crippen LogP contribution in [0.15, 0.2) is 24.3 Å². The molecule has 1 aromatic carbocycles. The highest BCUT2D eigenvalue weighted by Gasteiger charge is 2.27. The maximum Gasteiger partial charge on any atom is 0.0460 e. The fourth-order valence-corrected chi connectivity index (χ4v) is 4.93. The van der Waals surface area contributed by atoms with Crippen LogP contribution in [-0.4, -0.2) is 36.2 Å². The van der Waals surface area contributed by atoms with Crippen molar-refractivity contribution in [3.8, 4) is 0 Å². The van der Waals surface area contributed by atoms with Gasteiger partial charge in [-0.05, 0) is 74.1 Å². The number of piperidine rings is 1. The van der Waals surface area contributed by atoms with E-state index in [9.17, 15) is 5.11 Å². The van der Waals surface area contributed by atoms with Crippen LogP contribution in [-0.2, 0) is 11.8 Å². The van der Waals surface area contributed by atoms with E-state index in [-0.39, 0.29) is 0 Å². The molecule has 0 saturated carbocycles. The molecule has 2 rings (SSSR count). The maximum absolute atomic E-state index is 9.29. The van der Waals surface area contributed by atoms with Crippen LogP contribution < -0.4 is 0 Å². The SMILES string of the molecule is CCCCCCCC(CC)(CC)c1ccc(CCN2CCC(CO)CC2)cc1. The Balaban J connectivity index is 1.86.